The highest BCUT2D eigenvalue weighted by atomic mass is 35.5. The third kappa shape index (κ3) is 5.69. The Bertz CT molecular complexity index is 1240. The zero-order valence-corrected chi connectivity index (χ0v) is 20.3. The van der Waals surface area contributed by atoms with E-state index in [1.165, 1.54) is 0 Å². The van der Waals surface area contributed by atoms with Gasteiger partial charge >= 0.3 is 0 Å². The predicted octanol–water partition coefficient (Wildman–Crippen LogP) is 4.17. The predicted molar refractivity (Wildman–Crippen MR) is 137 cm³/mol. The number of carbonyl (C=O) groups excluding carboxylic acids is 1. The lowest BCUT2D eigenvalue weighted by atomic mass is 9.90. The molecule has 0 saturated heterocycles. The Hall–Kier alpha value is -3.10. The Kier molecular flexibility index (Phi) is 7.38. The van der Waals surface area contributed by atoms with Crippen LogP contribution < -0.4 is 22.1 Å². The molecule has 1 fully saturated rings. The van der Waals surface area contributed by atoms with Crippen LogP contribution >= 0.6 is 23.2 Å². The number of halogens is 2. The van der Waals surface area contributed by atoms with Gasteiger partial charge in [0.25, 0.3) is 5.91 Å². The molecule has 1 aliphatic rings. The number of benzene rings is 2. The maximum absolute atomic E-state index is 13.0. The van der Waals surface area contributed by atoms with Crippen LogP contribution in [0.25, 0.3) is 10.9 Å². The van der Waals surface area contributed by atoms with Gasteiger partial charge in [-0.1, -0.05) is 53.7 Å². The van der Waals surface area contributed by atoms with E-state index in [0.717, 1.165) is 42.2 Å². The van der Waals surface area contributed by atoms with Crippen LogP contribution in [0.5, 0.6) is 0 Å². The van der Waals surface area contributed by atoms with Gasteiger partial charge in [0.2, 0.25) is 5.82 Å². The summed E-state index contributed by atoms with van der Waals surface area (Å²) in [5, 5.41) is 8.10. The van der Waals surface area contributed by atoms with Crippen molar-refractivity contribution in [2.24, 2.45) is 16.5 Å². The summed E-state index contributed by atoms with van der Waals surface area (Å²) in [6.07, 6.45) is 3.91. The van der Waals surface area contributed by atoms with Gasteiger partial charge in [-0.25, -0.2) is 15.0 Å². The summed E-state index contributed by atoms with van der Waals surface area (Å²) < 4.78 is 0. The molecular formula is C24H27Cl2N7O. The standard InChI is InChI=1S/C24H27Cl2N7O/c1-13-6-9-18-15(10-13)21(31-19-4-2-3-5-20(19)32-24(27)28)33-22(30-18)23(34)29-12-14-7-8-16(25)17(26)11-14/h6-11,19-20H,2-5,12H2,1H3,(H,29,34)(H4,27,28,32)(H,30,31,33). The first-order valence-corrected chi connectivity index (χ1v) is 11.9. The first kappa shape index (κ1) is 24.0. The molecule has 0 aliphatic heterocycles. The van der Waals surface area contributed by atoms with Gasteiger partial charge in [0, 0.05) is 11.9 Å². The number of guanidine groups is 1. The second-order valence-corrected chi connectivity index (χ2v) is 9.32. The quantitative estimate of drug-likeness (QED) is 0.297. The number of hydrogen-bond donors (Lipinski definition) is 4. The summed E-state index contributed by atoms with van der Waals surface area (Å²) in [4.78, 5) is 26.5. The molecule has 2 aromatic carbocycles. The van der Waals surface area contributed by atoms with Crippen LogP contribution in [-0.2, 0) is 6.54 Å². The fraction of sp³-hybridized carbons (Fsp3) is 0.333. The zero-order valence-electron chi connectivity index (χ0n) is 18.8. The van der Waals surface area contributed by atoms with Crippen LogP contribution in [0.4, 0.5) is 5.82 Å². The minimum atomic E-state index is -0.388. The Morgan fingerprint density at radius 1 is 1.09 bits per heavy atom. The van der Waals surface area contributed by atoms with E-state index in [1.807, 2.05) is 25.1 Å². The van der Waals surface area contributed by atoms with E-state index in [-0.39, 0.29) is 36.3 Å². The molecule has 1 aliphatic carbocycles. The number of aryl methyl sites for hydroxylation is 1. The average molecular weight is 500 g/mol. The fourth-order valence-corrected chi connectivity index (χ4v) is 4.49. The molecule has 6 N–H and O–H groups in total. The van der Waals surface area contributed by atoms with Crippen LogP contribution in [0.2, 0.25) is 10.0 Å². The van der Waals surface area contributed by atoms with E-state index in [9.17, 15) is 4.79 Å². The van der Waals surface area contributed by atoms with Crippen molar-refractivity contribution in [2.75, 3.05) is 5.32 Å². The van der Waals surface area contributed by atoms with Crippen LogP contribution in [-0.4, -0.2) is 33.9 Å². The number of carbonyl (C=O) groups is 1. The lowest BCUT2D eigenvalue weighted by Crippen LogP contribution is -2.38. The summed E-state index contributed by atoms with van der Waals surface area (Å²) in [5.74, 6) is 0.356. The first-order valence-electron chi connectivity index (χ1n) is 11.2. The van der Waals surface area contributed by atoms with E-state index >= 15 is 0 Å². The topological polar surface area (TPSA) is 131 Å². The minimum absolute atomic E-state index is 0.00147. The van der Waals surface area contributed by atoms with Crippen LogP contribution in [0.15, 0.2) is 41.4 Å². The Labute approximate surface area is 208 Å². The summed E-state index contributed by atoms with van der Waals surface area (Å²) in [7, 11) is 0. The molecule has 1 amide bonds. The molecule has 4 rings (SSSR count). The van der Waals surface area contributed by atoms with Crippen LogP contribution in [0, 0.1) is 6.92 Å². The smallest absolute Gasteiger partial charge is 0.289 e. The highest BCUT2D eigenvalue weighted by molar-refractivity contribution is 6.42. The molecule has 178 valence electrons. The highest BCUT2D eigenvalue weighted by Gasteiger charge is 2.26. The molecule has 10 heteroatoms. The average Bonchev–Trinajstić information content (AvgIpc) is 2.80. The molecule has 0 bridgehead atoms. The number of amides is 1. The van der Waals surface area contributed by atoms with Crippen molar-refractivity contribution in [2.45, 2.75) is 51.2 Å². The van der Waals surface area contributed by atoms with E-state index in [1.54, 1.807) is 18.2 Å². The number of anilines is 1. The van der Waals surface area contributed by atoms with Gasteiger partial charge in [0.15, 0.2) is 5.96 Å². The van der Waals surface area contributed by atoms with Crippen molar-refractivity contribution >= 4 is 51.8 Å². The number of nitrogens with one attached hydrogen (secondary N) is 2. The zero-order chi connectivity index (χ0) is 24.2. The molecule has 1 heterocycles. The third-order valence-corrected chi connectivity index (χ3v) is 6.60. The van der Waals surface area contributed by atoms with Crippen molar-refractivity contribution < 1.29 is 4.79 Å². The van der Waals surface area contributed by atoms with E-state index in [4.69, 9.17) is 34.7 Å². The normalized spacial score (nSPS) is 17.9. The van der Waals surface area contributed by atoms with E-state index < -0.39 is 0 Å². The molecule has 34 heavy (non-hydrogen) atoms. The molecule has 2 unspecified atom stereocenters. The summed E-state index contributed by atoms with van der Waals surface area (Å²) in [6.45, 7) is 2.27. The van der Waals surface area contributed by atoms with Crippen molar-refractivity contribution in [3.05, 3.63) is 63.4 Å². The maximum atomic E-state index is 13.0. The largest absolute Gasteiger partial charge is 0.370 e. The molecule has 2 atom stereocenters. The first-order chi connectivity index (χ1) is 16.3. The SMILES string of the molecule is Cc1ccc2nc(C(=O)NCc3ccc(Cl)c(Cl)c3)nc(NC3CCCCC3N=C(N)N)c2c1. The van der Waals surface area contributed by atoms with Gasteiger partial charge in [0.1, 0.15) is 5.82 Å². The summed E-state index contributed by atoms with van der Waals surface area (Å²) in [6, 6.07) is 11.0. The summed E-state index contributed by atoms with van der Waals surface area (Å²) >= 11 is 12.1. The minimum Gasteiger partial charge on any atom is -0.370 e. The second-order valence-electron chi connectivity index (χ2n) is 8.50. The van der Waals surface area contributed by atoms with Crippen molar-refractivity contribution in [1.29, 1.82) is 0 Å². The van der Waals surface area contributed by atoms with Crippen molar-refractivity contribution in [3.63, 3.8) is 0 Å². The van der Waals surface area contributed by atoms with Gasteiger partial charge in [0.05, 0.1) is 27.6 Å². The lowest BCUT2D eigenvalue weighted by Gasteiger charge is -2.30. The maximum Gasteiger partial charge on any atom is 0.289 e. The van der Waals surface area contributed by atoms with Crippen molar-refractivity contribution in [3.8, 4) is 0 Å². The molecule has 1 aromatic heterocycles. The van der Waals surface area contributed by atoms with Gasteiger partial charge in [-0.05, 0) is 49.6 Å². The highest BCUT2D eigenvalue weighted by Crippen LogP contribution is 2.28. The monoisotopic (exact) mass is 499 g/mol. The Morgan fingerprint density at radius 2 is 1.88 bits per heavy atom. The number of nitrogens with zero attached hydrogens (tertiary/aromatic N) is 3. The van der Waals surface area contributed by atoms with E-state index in [0.29, 0.717) is 21.4 Å². The number of nitrogens with two attached hydrogens (primary N) is 2. The second kappa shape index (κ2) is 10.4. The van der Waals surface area contributed by atoms with Gasteiger partial charge in [-0.15, -0.1) is 0 Å². The molecule has 1 saturated carbocycles. The summed E-state index contributed by atoms with van der Waals surface area (Å²) in [5.41, 5.74) is 13.9. The molecular weight excluding hydrogens is 473 g/mol. The lowest BCUT2D eigenvalue weighted by molar-refractivity contribution is 0.0941. The molecule has 8 nitrogen and oxygen atoms in total. The van der Waals surface area contributed by atoms with Crippen LogP contribution in [0.3, 0.4) is 0 Å². The van der Waals surface area contributed by atoms with Crippen molar-refractivity contribution in [1.82, 2.24) is 15.3 Å². The number of fused-ring (bicyclic) bond motifs is 1. The fourth-order valence-electron chi connectivity index (χ4n) is 4.17. The Morgan fingerprint density at radius 3 is 2.65 bits per heavy atom. The van der Waals surface area contributed by atoms with Gasteiger partial charge in [-0.3, -0.25) is 4.79 Å². The molecule has 3 aromatic rings. The van der Waals surface area contributed by atoms with E-state index in [2.05, 4.69) is 25.6 Å². The van der Waals surface area contributed by atoms with Crippen LogP contribution in [0.1, 0.15) is 47.4 Å². The Balaban J connectivity index is 1.62. The number of hydrogen-bond acceptors (Lipinski definition) is 5. The number of aromatic nitrogens is 2. The van der Waals surface area contributed by atoms with Gasteiger partial charge in [-0.2, -0.15) is 0 Å². The van der Waals surface area contributed by atoms with Gasteiger partial charge < -0.3 is 22.1 Å². The number of aliphatic imine (C=N–C) groups is 1. The molecule has 0 radical (unpaired) electrons. The number of rotatable bonds is 6. The third-order valence-electron chi connectivity index (χ3n) is 5.86. The molecule has 0 spiro atoms.